The third kappa shape index (κ3) is 3.30. The number of amides is 1. The van der Waals surface area contributed by atoms with Gasteiger partial charge in [0.15, 0.2) is 0 Å². The van der Waals surface area contributed by atoms with Gasteiger partial charge in [0.1, 0.15) is 16.9 Å². The van der Waals surface area contributed by atoms with Crippen LogP contribution in [0.25, 0.3) is 0 Å². The van der Waals surface area contributed by atoms with Gasteiger partial charge >= 0.3 is 0 Å². The van der Waals surface area contributed by atoms with Crippen molar-refractivity contribution in [1.82, 2.24) is 4.90 Å². The van der Waals surface area contributed by atoms with E-state index in [1.54, 1.807) is 42.8 Å². The predicted octanol–water partition coefficient (Wildman–Crippen LogP) is 4.79. The Morgan fingerprint density at radius 3 is 2.83 bits per heavy atom. The Morgan fingerprint density at radius 2 is 2.12 bits per heavy atom. The molecule has 0 bridgehead atoms. The molecule has 0 aromatic heterocycles. The molecule has 0 saturated carbocycles. The topological polar surface area (TPSA) is 29.5 Å². The number of methoxy groups -OCH3 is 1. The Balaban J connectivity index is 1.94. The van der Waals surface area contributed by atoms with Gasteiger partial charge in [-0.05, 0) is 42.8 Å². The van der Waals surface area contributed by atoms with Gasteiger partial charge in [-0.2, -0.15) is 0 Å². The largest absolute Gasteiger partial charge is 0.496 e. The molecule has 1 unspecified atom stereocenters. The van der Waals surface area contributed by atoms with Gasteiger partial charge in [0.05, 0.1) is 7.11 Å². The average molecular weight is 410 g/mol. The highest BCUT2D eigenvalue weighted by Gasteiger charge is 2.33. The van der Waals surface area contributed by atoms with E-state index in [-0.39, 0.29) is 17.1 Å². The van der Waals surface area contributed by atoms with E-state index < -0.39 is 0 Å². The second-order valence-corrected chi connectivity index (χ2v) is 7.68. The van der Waals surface area contributed by atoms with Crippen LogP contribution in [0.5, 0.6) is 5.75 Å². The summed E-state index contributed by atoms with van der Waals surface area (Å²) in [4.78, 5) is 14.6. The van der Waals surface area contributed by atoms with Crippen molar-refractivity contribution in [2.75, 3.05) is 19.4 Å². The van der Waals surface area contributed by atoms with E-state index in [0.29, 0.717) is 17.7 Å². The average Bonchev–Trinajstić information content (AvgIpc) is 3.06. The second kappa shape index (κ2) is 7.15. The lowest BCUT2D eigenvalue weighted by Crippen LogP contribution is -2.30. The Labute approximate surface area is 153 Å². The van der Waals surface area contributed by atoms with Crippen molar-refractivity contribution in [2.45, 2.75) is 12.3 Å². The van der Waals surface area contributed by atoms with Crippen molar-refractivity contribution in [3.63, 3.8) is 0 Å². The summed E-state index contributed by atoms with van der Waals surface area (Å²) in [6, 6.07) is 10.4. The number of halogens is 2. The van der Waals surface area contributed by atoms with Crippen LogP contribution in [0.4, 0.5) is 4.39 Å². The van der Waals surface area contributed by atoms with Crippen LogP contribution in [0.2, 0.25) is 0 Å². The summed E-state index contributed by atoms with van der Waals surface area (Å²) in [5.41, 5.74) is 1.85. The quantitative estimate of drug-likeness (QED) is 0.729. The number of ether oxygens (including phenoxy) is 1. The molecule has 1 aliphatic rings. The predicted molar refractivity (Wildman–Crippen MR) is 98.1 cm³/mol. The van der Waals surface area contributed by atoms with E-state index in [9.17, 15) is 9.18 Å². The number of carbonyl (C=O) groups is 1. The van der Waals surface area contributed by atoms with Crippen LogP contribution in [0.1, 0.15) is 26.9 Å². The molecule has 126 valence electrons. The molecule has 1 amide bonds. The lowest BCUT2D eigenvalue weighted by molar-refractivity contribution is 0.0759. The van der Waals surface area contributed by atoms with Crippen LogP contribution in [0.15, 0.2) is 40.9 Å². The first kappa shape index (κ1) is 17.3. The van der Waals surface area contributed by atoms with E-state index >= 15 is 0 Å². The Bertz CT molecular complexity index is 784. The van der Waals surface area contributed by atoms with Gasteiger partial charge in [0.2, 0.25) is 0 Å². The van der Waals surface area contributed by atoms with Crippen molar-refractivity contribution in [3.05, 3.63) is 63.4 Å². The minimum absolute atomic E-state index is 0.144. The Kier molecular flexibility index (Phi) is 5.15. The molecule has 2 aromatic rings. The smallest absolute Gasteiger partial charge is 0.255 e. The molecule has 6 heteroatoms. The van der Waals surface area contributed by atoms with Gasteiger partial charge in [-0.1, -0.05) is 22.0 Å². The van der Waals surface area contributed by atoms with E-state index in [0.717, 1.165) is 21.5 Å². The molecule has 0 N–H and O–H groups in total. The normalized spacial score (nSPS) is 17.2. The third-order valence-electron chi connectivity index (χ3n) is 4.03. The molecular weight excluding hydrogens is 393 g/mol. The lowest BCUT2D eigenvalue weighted by Gasteiger charge is -2.25. The van der Waals surface area contributed by atoms with Crippen LogP contribution in [-0.2, 0) is 0 Å². The third-order valence-corrected chi connectivity index (χ3v) is 5.76. The highest BCUT2D eigenvalue weighted by atomic mass is 79.9. The van der Waals surface area contributed by atoms with Crippen LogP contribution >= 0.6 is 27.7 Å². The maximum atomic E-state index is 13.8. The van der Waals surface area contributed by atoms with Crippen LogP contribution in [0, 0.1) is 12.7 Å². The summed E-state index contributed by atoms with van der Waals surface area (Å²) in [5.74, 6) is 1.06. The molecule has 3 rings (SSSR count). The van der Waals surface area contributed by atoms with Gasteiger partial charge in [-0.25, -0.2) is 4.39 Å². The summed E-state index contributed by atoms with van der Waals surface area (Å²) in [7, 11) is 1.62. The van der Waals surface area contributed by atoms with E-state index in [2.05, 4.69) is 15.9 Å². The summed E-state index contributed by atoms with van der Waals surface area (Å²) in [6.07, 6.45) is 0. The van der Waals surface area contributed by atoms with E-state index in [1.807, 2.05) is 18.2 Å². The monoisotopic (exact) mass is 409 g/mol. The first-order valence-electron chi connectivity index (χ1n) is 7.53. The van der Waals surface area contributed by atoms with Crippen LogP contribution in [-0.4, -0.2) is 30.2 Å². The van der Waals surface area contributed by atoms with Gasteiger partial charge in [-0.15, -0.1) is 11.8 Å². The highest BCUT2D eigenvalue weighted by molar-refractivity contribution is 9.10. The van der Waals surface area contributed by atoms with Crippen molar-refractivity contribution >= 4 is 33.6 Å². The molecule has 24 heavy (non-hydrogen) atoms. The zero-order chi connectivity index (χ0) is 17.3. The number of thioether (sulfide) groups is 1. The minimum atomic E-state index is -0.357. The molecule has 3 nitrogen and oxygen atoms in total. The van der Waals surface area contributed by atoms with Gasteiger partial charge in [0.25, 0.3) is 5.91 Å². The van der Waals surface area contributed by atoms with Crippen molar-refractivity contribution < 1.29 is 13.9 Å². The Morgan fingerprint density at radius 1 is 1.33 bits per heavy atom. The molecule has 1 fully saturated rings. The summed E-state index contributed by atoms with van der Waals surface area (Å²) in [5, 5.41) is -0.144. The number of hydrogen-bond acceptors (Lipinski definition) is 3. The van der Waals surface area contributed by atoms with Gasteiger partial charge in [0, 0.05) is 27.9 Å². The maximum absolute atomic E-state index is 13.8. The van der Waals surface area contributed by atoms with E-state index in [4.69, 9.17) is 4.74 Å². The second-order valence-electron chi connectivity index (χ2n) is 5.57. The number of nitrogens with zero attached hydrogens (tertiary/aromatic N) is 1. The van der Waals surface area contributed by atoms with Crippen molar-refractivity contribution in [3.8, 4) is 5.75 Å². The number of benzene rings is 2. The zero-order valence-electron chi connectivity index (χ0n) is 13.4. The fraction of sp³-hybridized carbons (Fsp3) is 0.278. The van der Waals surface area contributed by atoms with Crippen LogP contribution < -0.4 is 4.74 Å². The SMILES string of the molecule is COc1ccc(Br)cc1C1SCCN1C(=O)c1ccc(C)c(F)c1. The van der Waals surface area contributed by atoms with E-state index in [1.165, 1.54) is 6.07 Å². The summed E-state index contributed by atoms with van der Waals surface area (Å²) in [6.45, 7) is 2.31. The first-order chi connectivity index (χ1) is 11.5. The van der Waals surface area contributed by atoms with Crippen molar-refractivity contribution in [1.29, 1.82) is 0 Å². The minimum Gasteiger partial charge on any atom is -0.496 e. The van der Waals surface area contributed by atoms with Crippen LogP contribution in [0.3, 0.4) is 0 Å². The molecule has 2 aromatic carbocycles. The fourth-order valence-corrected chi connectivity index (χ4v) is 4.37. The molecule has 0 radical (unpaired) electrons. The lowest BCUT2D eigenvalue weighted by atomic mass is 10.1. The summed E-state index contributed by atoms with van der Waals surface area (Å²) >= 11 is 5.16. The van der Waals surface area contributed by atoms with Gasteiger partial charge < -0.3 is 9.64 Å². The Hall–Kier alpha value is -1.53. The first-order valence-corrected chi connectivity index (χ1v) is 9.37. The highest BCUT2D eigenvalue weighted by Crippen LogP contribution is 2.43. The summed E-state index contributed by atoms with van der Waals surface area (Å²) < 4.78 is 20.2. The molecule has 1 atom stereocenters. The molecular formula is C18H17BrFNO2S. The fourth-order valence-electron chi connectivity index (χ4n) is 2.73. The maximum Gasteiger partial charge on any atom is 0.255 e. The molecule has 1 saturated heterocycles. The number of hydrogen-bond donors (Lipinski definition) is 0. The zero-order valence-corrected chi connectivity index (χ0v) is 15.8. The molecule has 1 aliphatic heterocycles. The standard InChI is InChI=1S/C18H17BrFNO2S/c1-11-3-4-12(9-15(11)20)17(22)21-7-8-24-18(21)14-10-13(19)5-6-16(14)23-2/h3-6,9-10,18H,7-8H2,1-2H3. The molecule has 0 spiro atoms. The number of rotatable bonds is 3. The van der Waals surface area contributed by atoms with Gasteiger partial charge in [-0.3, -0.25) is 4.79 Å². The molecule has 1 heterocycles. The number of aryl methyl sites for hydroxylation is 1. The van der Waals surface area contributed by atoms with Crippen molar-refractivity contribution in [2.24, 2.45) is 0 Å². The molecule has 0 aliphatic carbocycles. The number of carbonyl (C=O) groups excluding carboxylic acids is 1.